The molecule has 10 nitrogen and oxygen atoms in total. The third kappa shape index (κ3) is 3.55. The summed E-state index contributed by atoms with van der Waals surface area (Å²) in [6, 6.07) is 3.15. The van der Waals surface area contributed by atoms with E-state index in [9.17, 15) is 39.3 Å². The highest BCUT2D eigenvalue weighted by atomic mass is 32.2. The molecule has 1 amide bonds. The smallest absolute Gasteiger partial charge is 0.235 e. The Labute approximate surface area is 212 Å². The number of aliphatic hydroxyl groups excluding tert-OH is 1. The molecule has 8 atom stereocenters. The highest BCUT2D eigenvalue weighted by molar-refractivity contribution is 7.99. The molecule has 3 aliphatic carbocycles. The molecule has 0 aromatic heterocycles. The van der Waals surface area contributed by atoms with Crippen molar-refractivity contribution >= 4 is 40.8 Å². The first-order valence-electron chi connectivity index (χ1n) is 11.8. The molecule has 0 spiro atoms. The summed E-state index contributed by atoms with van der Waals surface area (Å²) in [4.78, 5) is 67.6. The monoisotopic (exact) mass is 518 g/mol. The van der Waals surface area contributed by atoms with Gasteiger partial charge in [-0.25, -0.2) is 0 Å². The van der Waals surface area contributed by atoms with E-state index in [1.54, 1.807) is 23.9 Å². The van der Waals surface area contributed by atoms with Crippen LogP contribution in [0.3, 0.4) is 0 Å². The number of nitrogens with zero attached hydrogens (tertiary/aromatic N) is 1. The predicted octanol–water partition coefficient (Wildman–Crippen LogP) is -0.478. The normalized spacial score (nSPS) is 35.9. The van der Waals surface area contributed by atoms with Crippen molar-refractivity contribution in [2.45, 2.75) is 37.0 Å². The van der Waals surface area contributed by atoms with Gasteiger partial charge in [0.15, 0.2) is 34.7 Å². The van der Waals surface area contributed by atoms with E-state index in [1.807, 2.05) is 6.92 Å². The van der Waals surface area contributed by atoms with Crippen molar-refractivity contribution in [1.82, 2.24) is 4.90 Å². The van der Waals surface area contributed by atoms with Gasteiger partial charge >= 0.3 is 0 Å². The number of carbonyl (C=O) groups is 5. The standard InChI is InChI=1S/C25H30N2O8S/c1-4-8-36-9-11-10-6-5-7-12(28)13(10)19(29)15-14(11)20(30)17-18(27(2)3)21(31)16(24(26)34)23(33)25(17,35)22(15)32/h5-7,11,14-18,20,28,30,35H,4,8-9H2,1-3H3,(H2,26,34)/t11-,14?,15?,16?,17?,18-,20-,25-/m0/s1. The quantitative estimate of drug-likeness (QED) is 0.284. The zero-order valence-electron chi connectivity index (χ0n) is 20.2. The minimum Gasteiger partial charge on any atom is -0.507 e. The summed E-state index contributed by atoms with van der Waals surface area (Å²) >= 11 is 1.55. The first kappa shape index (κ1) is 26.5. The average Bonchev–Trinajstić information content (AvgIpc) is 2.80. The van der Waals surface area contributed by atoms with Crippen LogP contribution in [0, 0.1) is 23.7 Å². The number of aliphatic hydroxyl groups is 2. The lowest BCUT2D eigenvalue weighted by Gasteiger charge is -2.56. The molecule has 2 saturated carbocycles. The second-order valence-electron chi connectivity index (χ2n) is 10.00. The van der Waals surface area contributed by atoms with Crippen LogP contribution in [0.15, 0.2) is 18.2 Å². The molecule has 36 heavy (non-hydrogen) atoms. The number of benzene rings is 1. The number of fused-ring (bicyclic) bond motifs is 3. The number of phenolic OH excluding ortho intramolecular Hbond substituents is 1. The molecule has 4 rings (SSSR count). The molecule has 0 heterocycles. The number of likely N-dealkylation sites (N-methyl/N-ethyl adjacent to an activating group) is 1. The number of thioether (sulfide) groups is 1. The minimum atomic E-state index is -2.98. The SMILES string of the molecule is CCCSC[C@H]1c2cccc(O)c2C(=O)C2C(=O)[C@]3(O)C(=O)C(C(N)=O)C(=O)[C@@H](N(C)C)C3[C@@H](O)C21. The molecule has 1 aromatic rings. The van der Waals surface area contributed by atoms with E-state index in [2.05, 4.69) is 0 Å². The van der Waals surface area contributed by atoms with E-state index >= 15 is 0 Å². The number of hydrogen-bond donors (Lipinski definition) is 4. The van der Waals surface area contributed by atoms with Crippen molar-refractivity contribution in [2.24, 2.45) is 29.4 Å². The Morgan fingerprint density at radius 3 is 2.42 bits per heavy atom. The number of carbonyl (C=O) groups excluding carboxylic acids is 5. The van der Waals surface area contributed by atoms with E-state index in [-0.39, 0.29) is 11.3 Å². The Bertz CT molecular complexity index is 1150. The third-order valence-electron chi connectivity index (χ3n) is 7.80. The van der Waals surface area contributed by atoms with Crippen LogP contribution in [0.2, 0.25) is 0 Å². The van der Waals surface area contributed by atoms with Crippen molar-refractivity contribution in [3.8, 4) is 5.75 Å². The van der Waals surface area contributed by atoms with Crippen LogP contribution in [0.1, 0.15) is 35.2 Å². The van der Waals surface area contributed by atoms with Crippen molar-refractivity contribution in [1.29, 1.82) is 0 Å². The Morgan fingerprint density at radius 2 is 1.83 bits per heavy atom. The topological polar surface area (TPSA) is 175 Å². The van der Waals surface area contributed by atoms with Crippen LogP contribution in [0.25, 0.3) is 0 Å². The van der Waals surface area contributed by atoms with Gasteiger partial charge in [-0.05, 0) is 37.9 Å². The molecule has 2 fully saturated rings. The molecule has 194 valence electrons. The number of hydrogen-bond acceptors (Lipinski definition) is 10. The Morgan fingerprint density at radius 1 is 1.17 bits per heavy atom. The number of nitrogens with two attached hydrogens (primary N) is 1. The molecule has 11 heteroatoms. The van der Waals surface area contributed by atoms with Crippen LogP contribution in [-0.2, 0) is 19.2 Å². The van der Waals surface area contributed by atoms with E-state index in [1.165, 1.54) is 25.1 Å². The molecule has 0 aliphatic heterocycles. The summed E-state index contributed by atoms with van der Waals surface area (Å²) in [5, 5.41) is 33.9. The van der Waals surface area contributed by atoms with Crippen molar-refractivity contribution < 1.29 is 39.3 Å². The number of rotatable bonds is 6. The molecule has 0 radical (unpaired) electrons. The summed E-state index contributed by atoms with van der Waals surface area (Å²) in [5.74, 6) is -11.8. The zero-order chi connectivity index (χ0) is 26.7. The van der Waals surface area contributed by atoms with Gasteiger partial charge in [-0.15, -0.1) is 0 Å². The summed E-state index contributed by atoms with van der Waals surface area (Å²) in [7, 11) is 2.93. The lowest BCUT2D eigenvalue weighted by molar-refractivity contribution is -0.196. The molecule has 3 aliphatic rings. The second-order valence-corrected chi connectivity index (χ2v) is 11.1. The lowest BCUT2D eigenvalue weighted by Crippen LogP contribution is -2.77. The zero-order valence-corrected chi connectivity index (χ0v) is 21.0. The van der Waals surface area contributed by atoms with Gasteiger partial charge in [0.1, 0.15) is 5.75 Å². The Kier molecular flexibility index (Phi) is 6.89. The lowest BCUT2D eigenvalue weighted by atomic mass is 9.49. The van der Waals surface area contributed by atoms with E-state index in [0.29, 0.717) is 11.3 Å². The minimum absolute atomic E-state index is 0.0848. The van der Waals surface area contributed by atoms with Crippen molar-refractivity contribution in [3.05, 3.63) is 29.3 Å². The van der Waals surface area contributed by atoms with Crippen molar-refractivity contribution in [3.63, 3.8) is 0 Å². The van der Waals surface area contributed by atoms with Crippen LogP contribution < -0.4 is 5.73 Å². The van der Waals surface area contributed by atoms with Crippen LogP contribution >= 0.6 is 11.8 Å². The fourth-order valence-corrected chi connectivity index (χ4v) is 7.43. The van der Waals surface area contributed by atoms with Gasteiger partial charge < -0.3 is 21.1 Å². The maximum Gasteiger partial charge on any atom is 0.235 e. The van der Waals surface area contributed by atoms with Crippen LogP contribution in [0.4, 0.5) is 0 Å². The van der Waals surface area contributed by atoms with Gasteiger partial charge in [-0.1, -0.05) is 19.1 Å². The van der Waals surface area contributed by atoms with E-state index in [0.717, 1.165) is 12.2 Å². The fourth-order valence-electron chi connectivity index (χ4n) is 6.32. The fraction of sp³-hybridized carbons (Fsp3) is 0.560. The predicted molar refractivity (Wildman–Crippen MR) is 129 cm³/mol. The van der Waals surface area contributed by atoms with Gasteiger partial charge in [0, 0.05) is 17.6 Å². The summed E-state index contributed by atoms with van der Waals surface area (Å²) in [6.45, 7) is 2.00. The number of Topliss-reactive ketones (excluding diaryl/α,β-unsaturated/α-hetero) is 4. The summed E-state index contributed by atoms with van der Waals surface area (Å²) < 4.78 is 0. The van der Waals surface area contributed by atoms with Gasteiger partial charge in [-0.2, -0.15) is 11.8 Å². The molecular formula is C25H30N2O8S. The molecule has 0 bridgehead atoms. The first-order valence-corrected chi connectivity index (χ1v) is 13.0. The Hall–Kier alpha value is -2.60. The van der Waals surface area contributed by atoms with E-state index in [4.69, 9.17) is 5.73 Å². The average molecular weight is 519 g/mol. The van der Waals surface area contributed by atoms with Crippen molar-refractivity contribution in [2.75, 3.05) is 25.6 Å². The molecule has 5 N–H and O–H groups in total. The number of amides is 1. The molecule has 1 aromatic carbocycles. The highest BCUT2D eigenvalue weighted by Gasteiger charge is 2.73. The van der Waals surface area contributed by atoms with Crippen LogP contribution in [-0.4, -0.2) is 92.6 Å². The Balaban J connectivity index is 1.94. The number of aromatic hydroxyl groups is 1. The van der Waals surface area contributed by atoms with Gasteiger partial charge in [-0.3, -0.25) is 28.9 Å². The van der Waals surface area contributed by atoms with Gasteiger partial charge in [0.05, 0.1) is 29.5 Å². The van der Waals surface area contributed by atoms with Gasteiger partial charge in [0.25, 0.3) is 0 Å². The van der Waals surface area contributed by atoms with E-state index < -0.39 is 76.4 Å². The molecule has 4 unspecified atom stereocenters. The molecular weight excluding hydrogens is 488 g/mol. The maximum absolute atomic E-state index is 13.9. The number of ketones is 4. The second kappa shape index (κ2) is 9.37. The maximum atomic E-state index is 13.9. The first-order chi connectivity index (χ1) is 16.9. The van der Waals surface area contributed by atoms with Gasteiger partial charge in [0.2, 0.25) is 5.91 Å². The summed E-state index contributed by atoms with van der Waals surface area (Å²) in [6.07, 6.45) is -0.764. The number of primary amides is 1. The third-order valence-corrected chi connectivity index (χ3v) is 9.09. The number of phenols is 1. The summed E-state index contributed by atoms with van der Waals surface area (Å²) in [5.41, 5.74) is 2.71. The highest BCUT2D eigenvalue weighted by Crippen LogP contribution is 2.55. The molecule has 0 saturated heterocycles. The van der Waals surface area contributed by atoms with Crippen LogP contribution in [0.5, 0.6) is 5.75 Å². The largest absolute Gasteiger partial charge is 0.507 e.